The van der Waals surface area contributed by atoms with E-state index in [-0.39, 0.29) is 12.5 Å². The number of carbonyl (C=O) groups excluding carboxylic acids is 1. The minimum absolute atomic E-state index is 0.00515. The average molecular weight is 269 g/mol. The third-order valence-corrected chi connectivity index (χ3v) is 4.21. The maximum atomic E-state index is 12.0. The maximum absolute atomic E-state index is 12.0. The van der Waals surface area contributed by atoms with Crippen molar-refractivity contribution >= 4 is 17.2 Å². The van der Waals surface area contributed by atoms with Crippen LogP contribution in [0.25, 0.3) is 0 Å². The highest BCUT2D eigenvalue weighted by Gasteiger charge is 2.27. The standard InChI is InChI=1S/C12H19N3O2S/c1-17-8-10(13)12(16)15-5-2-9(3-6-15)11-14-4-7-18-11/h4,7,9-10H,2-3,5-6,8,13H2,1H3. The third-order valence-electron chi connectivity index (χ3n) is 3.27. The molecule has 100 valence electrons. The molecule has 5 nitrogen and oxygen atoms in total. The van der Waals surface area contributed by atoms with Crippen LogP contribution in [0.3, 0.4) is 0 Å². The summed E-state index contributed by atoms with van der Waals surface area (Å²) in [6.45, 7) is 1.81. The summed E-state index contributed by atoms with van der Waals surface area (Å²) in [6, 6.07) is -0.536. The number of methoxy groups -OCH3 is 1. The second-order valence-electron chi connectivity index (χ2n) is 4.53. The Morgan fingerprint density at radius 3 is 2.94 bits per heavy atom. The Hall–Kier alpha value is -0.980. The van der Waals surface area contributed by atoms with Crippen LogP contribution in [-0.4, -0.2) is 48.6 Å². The fourth-order valence-electron chi connectivity index (χ4n) is 2.27. The van der Waals surface area contributed by atoms with Gasteiger partial charge in [-0.2, -0.15) is 0 Å². The Kier molecular flexibility index (Phi) is 4.68. The number of aromatic nitrogens is 1. The smallest absolute Gasteiger partial charge is 0.241 e. The molecule has 0 bridgehead atoms. The molecule has 1 aliphatic heterocycles. The summed E-state index contributed by atoms with van der Waals surface area (Å²) < 4.78 is 4.91. The Labute approximate surface area is 111 Å². The molecule has 1 amide bonds. The van der Waals surface area contributed by atoms with E-state index in [2.05, 4.69) is 4.98 Å². The molecule has 0 spiro atoms. The highest BCUT2D eigenvalue weighted by molar-refractivity contribution is 7.09. The average Bonchev–Trinajstić information content (AvgIpc) is 2.92. The van der Waals surface area contributed by atoms with Crippen LogP contribution in [0.15, 0.2) is 11.6 Å². The maximum Gasteiger partial charge on any atom is 0.241 e. The van der Waals surface area contributed by atoms with Crippen molar-refractivity contribution in [3.63, 3.8) is 0 Å². The Morgan fingerprint density at radius 1 is 1.67 bits per heavy atom. The zero-order chi connectivity index (χ0) is 13.0. The van der Waals surface area contributed by atoms with Gasteiger partial charge in [0.25, 0.3) is 0 Å². The number of ether oxygens (including phenoxy) is 1. The summed E-state index contributed by atoms with van der Waals surface area (Å²) in [6.07, 6.45) is 3.78. The van der Waals surface area contributed by atoms with Gasteiger partial charge in [-0.3, -0.25) is 4.79 Å². The van der Waals surface area contributed by atoms with Crippen LogP contribution in [0.4, 0.5) is 0 Å². The van der Waals surface area contributed by atoms with Crippen LogP contribution in [0, 0.1) is 0 Å². The molecule has 6 heteroatoms. The first kappa shape index (κ1) is 13.5. The first-order valence-electron chi connectivity index (χ1n) is 6.15. The molecule has 1 aromatic heterocycles. The molecule has 1 unspecified atom stereocenters. The predicted molar refractivity (Wildman–Crippen MR) is 70.5 cm³/mol. The van der Waals surface area contributed by atoms with Crippen LogP contribution in [0.2, 0.25) is 0 Å². The number of amides is 1. The molecule has 1 aromatic rings. The van der Waals surface area contributed by atoms with E-state index < -0.39 is 6.04 Å². The molecule has 1 fully saturated rings. The first-order valence-corrected chi connectivity index (χ1v) is 7.03. The Morgan fingerprint density at radius 2 is 2.39 bits per heavy atom. The topological polar surface area (TPSA) is 68.5 Å². The van der Waals surface area contributed by atoms with Crippen LogP contribution in [0.5, 0.6) is 0 Å². The predicted octanol–water partition coefficient (Wildman–Crippen LogP) is 0.823. The molecule has 2 heterocycles. The molecule has 18 heavy (non-hydrogen) atoms. The van der Waals surface area contributed by atoms with E-state index >= 15 is 0 Å². The minimum Gasteiger partial charge on any atom is -0.383 e. The van der Waals surface area contributed by atoms with Gasteiger partial charge in [0.05, 0.1) is 11.6 Å². The summed E-state index contributed by atoms with van der Waals surface area (Å²) in [7, 11) is 1.56. The molecule has 0 aromatic carbocycles. The number of thiazole rings is 1. The molecular weight excluding hydrogens is 250 g/mol. The normalized spacial score (nSPS) is 18.9. The number of carbonyl (C=O) groups is 1. The quantitative estimate of drug-likeness (QED) is 0.879. The number of rotatable bonds is 4. The van der Waals surface area contributed by atoms with Gasteiger partial charge < -0.3 is 15.4 Å². The highest BCUT2D eigenvalue weighted by Crippen LogP contribution is 2.29. The number of hydrogen-bond acceptors (Lipinski definition) is 5. The number of nitrogens with two attached hydrogens (primary N) is 1. The van der Waals surface area contributed by atoms with Crippen LogP contribution < -0.4 is 5.73 Å². The number of likely N-dealkylation sites (tertiary alicyclic amines) is 1. The first-order chi connectivity index (χ1) is 8.72. The molecule has 1 aliphatic rings. The van der Waals surface area contributed by atoms with Crippen molar-refractivity contribution in [1.82, 2.24) is 9.88 Å². The van der Waals surface area contributed by atoms with Gasteiger partial charge in [-0.05, 0) is 12.8 Å². The SMILES string of the molecule is COCC(N)C(=O)N1CCC(c2nccs2)CC1. The fourth-order valence-corrected chi connectivity index (χ4v) is 3.08. The van der Waals surface area contributed by atoms with Gasteiger partial charge in [-0.1, -0.05) is 0 Å². The number of nitrogens with zero attached hydrogens (tertiary/aromatic N) is 2. The van der Waals surface area contributed by atoms with Crippen molar-refractivity contribution in [1.29, 1.82) is 0 Å². The van der Waals surface area contributed by atoms with E-state index in [1.54, 1.807) is 18.4 Å². The molecule has 0 saturated carbocycles. The molecule has 1 saturated heterocycles. The van der Waals surface area contributed by atoms with E-state index in [9.17, 15) is 4.79 Å². The van der Waals surface area contributed by atoms with E-state index in [0.29, 0.717) is 5.92 Å². The van der Waals surface area contributed by atoms with Crippen LogP contribution in [-0.2, 0) is 9.53 Å². The largest absolute Gasteiger partial charge is 0.383 e. The molecule has 1 atom stereocenters. The molecule has 0 aliphatic carbocycles. The van der Waals surface area contributed by atoms with Gasteiger partial charge in [-0.15, -0.1) is 11.3 Å². The summed E-state index contributed by atoms with van der Waals surface area (Å²) in [4.78, 5) is 18.2. The van der Waals surface area contributed by atoms with Gasteiger partial charge in [0.2, 0.25) is 5.91 Å². The summed E-state index contributed by atoms with van der Waals surface area (Å²) in [5.74, 6) is 0.488. The second-order valence-corrected chi connectivity index (χ2v) is 5.46. The summed E-state index contributed by atoms with van der Waals surface area (Å²) in [5.41, 5.74) is 5.76. The summed E-state index contributed by atoms with van der Waals surface area (Å²) in [5, 5.41) is 3.18. The van der Waals surface area contributed by atoms with Gasteiger partial charge in [0, 0.05) is 37.7 Å². The Balaban J connectivity index is 1.85. The van der Waals surface area contributed by atoms with Gasteiger partial charge in [-0.25, -0.2) is 4.98 Å². The molecular formula is C12H19N3O2S. The zero-order valence-electron chi connectivity index (χ0n) is 10.5. The van der Waals surface area contributed by atoms with Crippen molar-refractivity contribution in [3.05, 3.63) is 16.6 Å². The van der Waals surface area contributed by atoms with Crippen molar-refractivity contribution in [2.75, 3.05) is 26.8 Å². The van der Waals surface area contributed by atoms with E-state index in [1.807, 2.05) is 16.5 Å². The highest BCUT2D eigenvalue weighted by atomic mass is 32.1. The zero-order valence-corrected chi connectivity index (χ0v) is 11.4. The fraction of sp³-hybridized carbons (Fsp3) is 0.667. The second kappa shape index (κ2) is 6.26. The lowest BCUT2D eigenvalue weighted by Gasteiger charge is -2.32. The van der Waals surface area contributed by atoms with Crippen molar-refractivity contribution in [2.45, 2.75) is 24.8 Å². The van der Waals surface area contributed by atoms with Crippen molar-refractivity contribution in [3.8, 4) is 0 Å². The lowest BCUT2D eigenvalue weighted by molar-refractivity contribution is -0.134. The minimum atomic E-state index is -0.536. The molecule has 2 N–H and O–H groups in total. The van der Waals surface area contributed by atoms with Crippen molar-refractivity contribution < 1.29 is 9.53 Å². The summed E-state index contributed by atoms with van der Waals surface area (Å²) >= 11 is 1.69. The lowest BCUT2D eigenvalue weighted by atomic mass is 9.97. The van der Waals surface area contributed by atoms with Crippen molar-refractivity contribution in [2.24, 2.45) is 5.73 Å². The number of piperidine rings is 1. The number of hydrogen-bond donors (Lipinski definition) is 1. The Bertz CT molecular complexity index is 375. The van der Waals surface area contributed by atoms with E-state index in [4.69, 9.17) is 10.5 Å². The van der Waals surface area contributed by atoms with Crippen LogP contribution >= 0.6 is 11.3 Å². The van der Waals surface area contributed by atoms with Gasteiger partial charge in [0.15, 0.2) is 0 Å². The van der Waals surface area contributed by atoms with Crippen LogP contribution in [0.1, 0.15) is 23.8 Å². The molecule has 0 radical (unpaired) electrons. The van der Waals surface area contributed by atoms with E-state index in [0.717, 1.165) is 25.9 Å². The third kappa shape index (κ3) is 3.07. The monoisotopic (exact) mass is 269 g/mol. The van der Waals surface area contributed by atoms with Gasteiger partial charge in [0.1, 0.15) is 6.04 Å². The lowest BCUT2D eigenvalue weighted by Crippen LogP contribution is -2.48. The van der Waals surface area contributed by atoms with E-state index in [1.165, 1.54) is 5.01 Å². The molecule has 2 rings (SSSR count). The van der Waals surface area contributed by atoms with Gasteiger partial charge >= 0.3 is 0 Å².